The molecule has 0 amide bonds. The number of ether oxygens (including phenoxy) is 1. The fourth-order valence-corrected chi connectivity index (χ4v) is 1.32. The third-order valence-electron chi connectivity index (χ3n) is 1.68. The molecule has 0 saturated heterocycles. The molecule has 0 unspecified atom stereocenters. The van der Waals surface area contributed by atoms with E-state index in [1.54, 1.807) is 24.0 Å². The van der Waals surface area contributed by atoms with Crippen molar-refractivity contribution in [2.24, 2.45) is 0 Å². The number of halogens is 1. The molecule has 0 heterocycles. The molecule has 74 valence electrons. The van der Waals surface area contributed by atoms with Crippen molar-refractivity contribution in [2.75, 3.05) is 6.61 Å². The van der Waals surface area contributed by atoms with Crippen LogP contribution in [0.1, 0.15) is 22.8 Å². The van der Waals surface area contributed by atoms with Crippen LogP contribution >= 0.6 is 15.9 Å². The first-order valence-electron chi connectivity index (χ1n) is 4.32. The van der Waals surface area contributed by atoms with Gasteiger partial charge in [-0.3, -0.25) is 0 Å². The molecule has 0 aromatic heterocycles. The number of carbonyl (C=O) groups excluding carboxylic acids is 1. The smallest absolute Gasteiger partial charge is 0.338 e. The van der Waals surface area contributed by atoms with Gasteiger partial charge >= 0.3 is 5.97 Å². The lowest BCUT2D eigenvalue weighted by Crippen LogP contribution is -2.03. The first kappa shape index (κ1) is 11.0. The Kier molecular flexibility index (Phi) is 4.40. The van der Waals surface area contributed by atoms with E-state index < -0.39 is 0 Å². The summed E-state index contributed by atoms with van der Waals surface area (Å²) in [5, 5.41) is 0. The average molecular weight is 255 g/mol. The second kappa shape index (κ2) is 5.60. The lowest BCUT2D eigenvalue weighted by molar-refractivity contribution is 0.0526. The molecule has 1 aromatic rings. The molecule has 0 aliphatic heterocycles. The molecule has 14 heavy (non-hydrogen) atoms. The van der Waals surface area contributed by atoms with E-state index >= 15 is 0 Å². The van der Waals surface area contributed by atoms with Crippen LogP contribution in [0.4, 0.5) is 0 Å². The molecule has 0 aliphatic rings. The zero-order chi connectivity index (χ0) is 10.4. The van der Waals surface area contributed by atoms with E-state index in [1.807, 2.05) is 18.2 Å². The standard InChI is InChI=1S/C11H11BrO2/c1-2-14-11(13)10-5-3-9(4-6-10)7-8-12/h3-8H,2H2,1H3. The van der Waals surface area contributed by atoms with Gasteiger partial charge in [0.05, 0.1) is 12.2 Å². The molecule has 0 spiro atoms. The van der Waals surface area contributed by atoms with Crippen molar-refractivity contribution in [3.63, 3.8) is 0 Å². The second-order valence-corrected chi connectivity index (χ2v) is 3.16. The maximum absolute atomic E-state index is 11.3. The predicted octanol–water partition coefficient (Wildman–Crippen LogP) is 3.23. The molecule has 0 aliphatic carbocycles. The molecule has 2 nitrogen and oxygen atoms in total. The van der Waals surface area contributed by atoms with Crippen LogP contribution in [0, 0.1) is 0 Å². The van der Waals surface area contributed by atoms with Crippen molar-refractivity contribution in [3.05, 3.63) is 40.4 Å². The van der Waals surface area contributed by atoms with Crippen LogP contribution in [0.25, 0.3) is 6.08 Å². The number of carbonyl (C=O) groups is 1. The van der Waals surface area contributed by atoms with Gasteiger partial charge in [0.25, 0.3) is 0 Å². The van der Waals surface area contributed by atoms with Gasteiger partial charge in [-0.15, -0.1) is 0 Å². The Bertz CT molecular complexity index is 328. The normalized spacial score (nSPS) is 10.4. The third kappa shape index (κ3) is 3.00. The maximum Gasteiger partial charge on any atom is 0.338 e. The van der Waals surface area contributed by atoms with Crippen molar-refractivity contribution >= 4 is 28.0 Å². The van der Waals surface area contributed by atoms with Crippen LogP contribution < -0.4 is 0 Å². The van der Waals surface area contributed by atoms with Crippen LogP contribution in [-0.2, 0) is 4.74 Å². The molecule has 0 bridgehead atoms. The number of hydrogen-bond acceptors (Lipinski definition) is 2. The topological polar surface area (TPSA) is 26.3 Å². The highest BCUT2D eigenvalue weighted by Gasteiger charge is 2.04. The summed E-state index contributed by atoms with van der Waals surface area (Å²) in [5.41, 5.74) is 1.62. The van der Waals surface area contributed by atoms with Gasteiger partial charge in [-0.25, -0.2) is 4.79 Å². The van der Waals surface area contributed by atoms with E-state index in [4.69, 9.17) is 4.74 Å². The van der Waals surface area contributed by atoms with E-state index in [2.05, 4.69) is 15.9 Å². The molecule has 0 radical (unpaired) electrons. The summed E-state index contributed by atoms with van der Waals surface area (Å²) in [4.78, 5) is 13.0. The summed E-state index contributed by atoms with van der Waals surface area (Å²) in [6.45, 7) is 2.20. The van der Waals surface area contributed by atoms with Gasteiger partial charge < -0.3 is 4.74 Å². The molecular weight excluding hydrogens is 244 g/mol. The summed E-state index contributed by atoms with van der Waals surface area (Å²) in [5.74, 6) is -0.276. The Labute approximate surface area is 91.7 Å². The molecule has 3 heteroatoms. The lowest BCUT2D eigenvalue weighted by atomic mass is 10.1. The molecule has 1 aromatic carbocycles. The van der Waals surface area contributed by atoms with E-state index in [-0.39, 0.29) is 5.97 Å². The SMILES string of the molecule is CCOC(=O)c1ccc(C=CBr)cc1. The van der Waals surface area contributed by atoms with Crippen molar-refractivity contribution in [1.82, 2.24) is 0 Å². The highest BCUT2D eigenvalue weighted by atomic mass is 79.9. The Balaban J connectivity index is 2.77. The van der Waals surface area contributed by atoms with Crippen LogP contribution in [0.3, 0.4) is 0 Å². The Morgan fingerprint density at radius 3 is 2.57 bits per heavy atom. The zero-order valence-corrected chi connectivity index (χ0v) is 9.45. The van der Waals surface area contributed by atoms with Crippen LogP contribution in [-0.4, -0.2) is 12.6 Å². The molecule has 0 N–H and O–H groups in total. The minimum Gasteiger partial charge on any atom is -0.462 e. The summed E-state index contributed by atoms with van der Waals surface area (Å²) in [6.07, 6.45) is 1.90. The van der Waals surface area contributed by atoms with Crippen molar-refractivity contribution in [2.45, 2.75) is 6.92 Å². The van der Waals surface area contributed by atoms with Crippen LogP contribution in [0.15, 0.2) is 29.3 Å². The third-order valence-corrected chi connectivity index (χ3v) is 1.94. The van der Waals surface area contributed by atoms with Gasteiger partial charge in [0, 0.05) is 0 Å². The highest BCUT2D eigenvalue weighted by Crippen LogP contribution is 2.08. The van der Waals surface area contributed by atoms with Crippen molar-refractivity contribution in [3.8, 4) is 0 Å². The van der Waals surface area contributed by atoms with E-state index in [0.29, 0.717) is 12.2 Å². The molecular formula is C11H11BrO2. The van der Waals surface area contributed by atoms with Gasteiger partial charge in [-0.05, 0) is 35.7 Å². The summed E-state index contributed by atoms with van der Waals surface area (Å²) < 4.78 is 4.86. The van der Waals surface area contributed by atoms with Gasteiger partial charge in [0.15, 0.2) is 0 Å². The molecule has 0 atom stereocenters. The molecule has 0 saturated carbocycles. The maximum atomic E-state index is 11.3. The van der Waals surface area contributed by atoms with Crippen LogP contribution in [0.2, 0.25) is 0 Å². The number of esters is 1. The van der Waals surface area contributed by atoms with E-state index in [0.717, 1.165) is 5.56 Å². The minimum absolute atomic E-state index is 0.276. The van der Waals surface area contributed by atoms with Gasteiger partial charge in [0.1, 0.15) is 0 Å². The number of hydrogen-bond donors (Lipinski definition) is 0. The summed E-state index contributed by atoms with van der Waals surface area (Å²) in [7, 11) is 0. The van der Waals surface area contributed by atoms with Crippen molar-refractivity contribution in [1.29, 1.82) is 0 Å². The molecule has 0 fully saturated rings. The monoisotopic (exact) mass is 254 g/mol. The van der Waals surface area contributed by atoms with Crippen LogP contribution in [0.5, 0.6) is 0 Å². The van der Waals surface area contributed by atoms with Crippen molar-refractivity contribution < 1.29 is 9.53 Å². The van der Waals surface area contributed by atoms with E-state index in [9.17, 15) is 4.79 Å². The predicted molar refractivity (Wildman–Crippen MR) is 60.4 cm³/mol. The lowest BCUT2D eigenvalue weighted by Gasteiger charge is -2.01. The summed E-state index contributed by atoms with van der Waals surface area (Å²) in [6, 6.07) is 7.23. The Morgan fingerprint density at radius 2 is 2.07 bits per heavy atom. The number of rotatable bonds is 3. The second-order valence-electron chi connectivity index (χ2n) is 2.64. The van der Waals surface area contributed by atoms with Gasteiger partial charge in [-0.1, -0.05) is 28.1 Å². The van der Waals surface area contributed by atoms with E-state index in [1.165, 1.54) is 0 Å². The Morgan fingerprint density at radius 1 is 1.43 bits per heavy atom. The quantitative estimate of drug-likeness (QED) is 0.775. The Hall–Kier alpha value is -1.09. The largest absolute Gasteiger partial charge is 0.462 e. The fraction of sp³-hybridized carbons (Fsp3) is 0.182. The first-order valence-corrected chi connectivity index (χ1v) is 5.23. The minimum atomic E-state index is -0.276. The first-order chi connectivity index (χ1) is 6.77. The molecule has 1 rings (SSSR count). The fourth-order valence-electron chi connectivity index (χ4n) is 1.02. The average Bonchev–Trinajstić information content (AvgIpc) is 2.20. The van der Waals surface area contributed by atoms with Gasteiger partial charge in [-0.2, -0.15) is 0 Å². The number of benzene rings is 1. The van der Waals surface area contributed by atoms with Gasteiger partial charge in [0.2, 0.25) is 0 Å². The highest BCUT2D eigenvalue weighted by molar-refractivity contribution is 9.11. The zero-order valence-electron chi connectivity index (χ0n) is 7.87. The summed E-state index contributed by atoms with van der Waals surface area (Å²) >= 11 is 3.19.